The van der Waals surface area contributed by atoms with Crippen molar-refractivity contribution >= 4 is 29.2 Å². The fraction of sp³-hybridized carbons (Fsp3) is 0.400. The summed E-state index contributed by atoms with van der Waals surface area (Å²) in [6, 6.07) is 1.89. The first-order valence-corrected chi connectivity index (χ1v) is 6.95. The molecule has 0 unspecified atom stereocenters. The van der Waals surface area contributed by atoms with Gasteiger partial charge in [0.25, 0.3) is 0 Å². The maximum atomic E-state index is 13.7. The van der Waals surface area contributed by atoms with Crippen molar-refractivity contribution in [3.8, 4) is 0 Å². The Morgan fingerprint density at radius 2 is 1.68 bits per heavy atom. The summed E-state index contributed by atoms with van der Waals surface area (Å²) in [5.74, 6) is -3.45. The Bertz CT molecular complexity index is 597. The first-order chi connectivity index (χ1) is 10.3. The minimum Gasteiger partial charge on any atom is -0.478 e. The number of carbonyl (C=O) groups excluding carboxylic acids is 2. The molecule has 0 saturated heterocycles. The van der Waals surface area contributed by atoms with Gasteiger partial charge in [-0.1, -0.05) is 13.8 Å². The van der Waals surface area contributed by atoms with Gasteiger partial charge in [0.2, 0.25) is 11.8 Å². The van der Waals surface area contributed by atoms with Crippen molar-refractivity contribution in [2.45, 2.75) is 33.6 Å². The normalized spacial score (nSPS) is 10.4. The van der Waals surface area contributed by atoms with Gasteiger partial charge in [0.1, 0.15) is 5.82 Å². The number of carboxylic acid groups (broad SMARTS) is 1. The summed E-state index contributed by atoms with van der Waals surface area (Å²) in [7, 11) is 0. The summed E-state index contributed by atoms with van der Waals surface area (Å²) in [4.78, 5) is 34.3. The van der Waals surface area contributed by atoms with Crippen LogP contribution in [0.2, 0.25) is 0 Å². The molecule has 22 heavy (non-hydrogen) atoms. The van der Waals surface area contributed by atoms with E-state index in [0.717, 1.165) is 12.1 Å². The van der Waals surface area contributed by atoms with Crippen LogP contribution in [0.4, 0.5) is 15.8 Å². The lowest BCUT2D eigenvalue weighted by Crippen LogP contribution is -2.23. The highest BCUT2D eigenvalue weighted by atomic mass is 19.1. The number of halogens is 1. The molecular formula is C15H19FN2O4. The molecular weight excluding hydrogens is 291 g/mol. The van der Waals surface area contributed by atoms with E-state index >= 15 is 0 Å². The molecule has 0 aliphatic rings. The number of benzene rings is 1. The average Bonchev–Trinajstić information content (AvgIpc) is 2.42. The Morgan fingerprint density at radius 1 is 1.14 bits per heavy atom. The van der Waals surface area contributed by atoms with Gasteiger partial charge in [-0.15, -0.1) is 0 Å². The zero-order chi connectivity index (χ0) is 16.9. The maximum Gasteiger partial charge on any atom is 0.338 e. The first kappa shape index (κ1) is 17.6. The van der Waals surface area contributed by atoms with E-state index in [1.165, 1.54) is 6.92 Å². The van der Waals surface area contributed by atoms with Crippen LogP contribution in [0.25, 0.3) is 0 Å². The summed E-state index contributed by atoms with van der Waals surface area (Å²) in [5.41, 5.74) is -0.492. The van der Waals surface area contributed by atoms with E-state index in [1.807, 2.05) is 13.8 Å². The molecule has 0 aliphatic heterocycles. The van der Waals surface area contributed by atoms with Crippen molar-refractivity contribution in [1.82, 2.24) is 0 Å². The van der Waals surface area contributed by atoms with E-state index in [0.29, 0.717) is 12.8 Å². The largest absolute Gasteiger partial charge is 0.478 e. The molecule has 0 atom stereocenters. The second kappa shape index (κ2) is 7.53. The standard InChI is InChI=1S/C15H19FN2O4/c1-4-9(5-2)14(20)18-12-6-10(15(21)22)11(16)7-13(12)17-8(3)19/h6-7,9H,4-5H2,1-3H3,(H,17,19)(H,18,20)(H,21,22). The smallest absolute Gasteiger partial charge is 0.338 e. The van der Waals surface area contributed by atoms with Crippen LogP contribution in [-0.4, -0.2) is 22.9 Å². The molecule has 120 valence electrons. The predicted molar refractivity (Wildman–Crippen MR) is 80.4 cm³/mol. The molecule has 0 saturated carbocycles. The van der Waals surface area contributed by atoms with Gasteiger partial charge in [-0.2, -0.15) is 0 Å². The van der Waals surface area contributed by atoms with Gasteiger partial charge in [0.05, 0.1) is 16.9 Å². The molecule has 0 spiro atoms. The van der Waals surface area contributed by atoms with Crippen LogP contribution in [0.15, 0.2) is 12.1 Å². The first-order valence-electron chi connectivity index (χ1n) is 6.95. The van der Waals surface area contributed by atoms with E-state index in [9.17, 15) is 18.8 Å². The SMILES string of the molecule is CCC(CC)C(=O)Nc1cc(C(=O)O)c(F)cc1NC(C)=O. The predicted octanol–water partition coefficient (Wildman–Crippen LogP) is 2.86. The molecule has 1 rings (SSSR count). The third-order valence-electron chi connectivity index (χ3n) is 3.26. The monoisotopic (exact) mass is 310 g/mol. The molecule has 6 nitrogen and oxygen atoms in total. The Kier molecular flexibility index (Phi) is 6.03. The minimum atomic E-state index is -1.45. The molecule has 1 aromatic rings. The Hall–Kier alpha value is -2.44. The number of nitrogens with one attached hydrogen (secondary N) is 2. The third kappa shape index (κ3) is 4.28. The number of carboxylic acids is 1. The Balaban J connectivity index is 3.23. The van der Waals surface area contributed by atoms with Gasteiger partial charge in [0.15, 0.2) is 0 Å². The number of hydrogen-bond donors (Lipinski definition) is 3. The molecule has 0 radical (unpaired) electrons. The van der Waals surface area contributed by atoms with E-state index in [4.69, 9.17) is 5.11 Å². The summed E-state index contributed by atoms with van der Waals surface area (Å²) < 4.78 is 13.7. The summed E-state index contributed by atoms with van der Waals surface area (Å²) >= 11 is 0. The lowest BCUT2D eigenvalue weighted by molar-refractivity contribution is -0.120. The fourth-order valence-electron chi connectivity index (χ4n) is 2.03. The second-order valence-corrected chi connectivity index (χ2v) is 4.87. The summed E-state index contributed by atoms with van der Waals surface area (Å²) in [5, 5.41) is 13.9. The number of aromatic carboxylic acids is 1. The fourth-order valence-corrected chi connectivity index (χ4v) is 2.03. The van der Waals surface area contributed by atoms with Crippen LogP contribution < -0.4 is 10.6 Å². The number of hydrogen-bond acceptors (Lipinski definition) is 3. The molecule has 2 amide bonds. The highest BCUT2D eigenvalue weighted by Crippen LogP contribution is 2.27. The van der Waals surface area contributed by atoms with Crippen molar-refractivity contribution in [2.75, 3.05) is 10.6 Å². The van der Waals surface area contributed by atoms with Gasteiger partial charge >= 0.3 is 5.97 Å². The molecule has 0 bridgehead atoms. The highest BCUT2D eigenvalue weighted by Gasteiger charge is 2.20. The van der Waals surface area contributed by atoms with Gasteiger partial charge in [-0.25, -0.2) is 9.18 Å². The van der Waals surface area contributed by atoms with Crippen LogP contribution in [-0.2, 0) is 9.59 Å². The molecule has 0 aliphatic carbocycles. The topological polar surface area (TPSA) is 95.5 Å². The number of amides is 2. The van der Waals surface area contributed by atoms with Crippen LogP contribution >= 0.6 is 0 Å². The number of carbonyl (C=O) groups is 3. The van der Waals surface area contributed by atoms with Crippen LogP contribution in [0.5, 0.6) is 0 Å². The molecule has 7 heteroatoms. The molecule has 3 N–H and O–H groups in total. The molecule has 0 aromatic heterocycles. The van der Waals surface area contributed by atoms with Crippen LogP contribution in [0.3, 0.4) is 0 Å². The van der Waals surface area contributed by atoms with E-state index in [1.54, 1.807) is 0 Å². The average molecular weight is 310 g/mol. The molecule has 1 aromatic carbocycles. The molecule has 0 fully saturated rings. The van der Waals surface area contributed by atoms with E-state index in [-0.39, 0.29) is 23.2 Å². The Morgan fingerprint density at radius 3 is 2.14 bits per heavy atom. The van der Waals surface area contributed by atoms with E-state index < -0.39 is 23.3 Å². The van der Waals surface area contributed by atoms with Gasteiger partial charge in [-0.05, 0) is 18.9 Å². The lowest BCUT2D eigenvalue weighted by atomic mass is 10.0. The highest BCUT2D eigenvalue weighted by molar-refractivity contribution is 6.01. The zero-order valence-corrected chi connectivity index (χ0v) is 12.7. The zero-order valence-electron chi connectivity index (χ0n) is 12.7. The molecule has 0 heterocycles. The van der Waals surface area contributed by atoms with Crippen LogP contribution in [0.1, 0.15) is 44.0 Å². The van der Waals surface area contributed by atoms with Crippen LogP contribution in [0, 0.1) is 11.7 Å². The van der Waals surface area contributed by atoms with Crippen molar-refractivity contribution in [3.05, 3.63) is 23.5 Å². The number of anilines is 2. The van der Waals surface area contributed by atoms with Crippen molar-refractivity contribution in [1.29, 1.82) is 0 Å². The van der Waals surface area contributed by atoms with Gasteiger partial charge < -0.3 is 15.7 Å². The third-order valence-corrected chi connectivity index (χ3v) is 3.26. The van der Waals surface area contributed by atoms with Gasteiger partial charge in [-0.3, -0.25) is 9.59 Å². The number of rotatable bonds is 6. The quantitative estimate of drug-likeness (QED) is 0.753. The van der Waals surface area contributed by atoms with Crippen molar-refractivity contribution in [3.63, 3.8) is 0 Å². The van der Waals surface area contributed by atoms with E-state index in [2.05, 4.69) is 10.6 Å². The van der Waals surface area contributed by atoms with Crippen molar-refractivity contribution < 1.29 is 23.9 Å². The van der Waals surface area contributed by atoms with Gasteiger partial charge in [0, 0.05) is 18.9 Å². The lowest BCUT2D eigenvalue weighted by Gasteiger charge is -2.16. The minimum absolute atomic E-state index is 0.0225. The second-order valence-electron chi connectivity index (χ2n) is 4.87. The van der Waals surface area contributed by atoms with Crippen molar-refractivity contribution in [2.24, 2.45) is 5.92 Å². The summed E-state index contributed by atoms with van der Waals surface area (Å²) in [6.45, 7) is 4.95. The maximum absolute atomic E-state index is 13.7. The Labute approximate surface area is 127 Å². The summed E-state index contributed by atoms with van der Waals surface area (Å²) in [6.07, 6.45) is 1.23.